The zero-order valence-corrected chi connectivity index (χ0v) is 21.4. The van der Waals surface area contributed by atoms with E-state index in [1.165, 1.54) is 12.1 Å². The number of carbonyl (C=O) groups is 3. The highest BCUT2D eigenvalue weighted by atomic mass is 19.1. The molecule has 8 nitrogen and oxygen atoms in total. The number of halogens is 1. The van der Waals surface area contributed by atoms with E-state index in [4.69, 9.17) is 10.5 Å². The lowest BCUT2D eigenvalue weighted by atomic mass is 9.94. The van der Waals surface area contributed by atoms with Gasteiger partial charge in [0.2, 0.25) is 0 Å². The first-order valence-electron chi connectivity index (χ1n) is 12.4. The van der Waals surface area contributed by atoms with E-state index >= 15 is 0 Å². The fourth-order valence-corrected chi connectivity index (χ4v) is 4.36. The number of nitrogens with zero attached hydrogens (tertiary/aromatic N) is 2. The van der Waals surface area contributed by atoms with Crippen molar-refractivity contribution in [3.05, 3.63) is 59.4 Å². The van der Waals surface area contributed by atoms with E-state index in [-0.39, 0.29) is 18.0 Å². The Morgan fingerprint density at radius 1 is 1.11 bits per heavy atom. The third-order valence-corrected chi connectivity index (χ3v) is 6.16. The van der Waals surface area contributed by atoms with Crippen LogP contribution in [0.1, 0.15) is 68.8 Å². The average Bonchev–Trinajstić information content (AvgIpc) is 2.83. The highest BCUT2D eigenvalue weighted by Crippen LogP contribution is 2.25. The van der Waals surface area contributed by atoms with Gasteiger partial charge >= 0.3 is 12.1 Å². The molecule has 196 valence electrons. The third kappa shape index (κ3) is 7.53. The molecule has 0 aliphatic heterocycles. The van der Waals surface area contributed by atoms with Crippen molar-refractivity contribution in [2.24, 2.45) is 5.73 Å². The molecule has 2 aromatic rings. The second-order valence-electron chi connectivity index (χ2n) is 10.2. The first-order valence-corrected chi connectivity index (χ1v) is 12.4. The quantitative estimate of drug-likeness (QED) is 0.547. The number of ether oxygens (including phenoxy) is 1. The molecule has 1 saturated carbocycles. The number of benzene rings is 2. The molecule has 1 fully saturated rings. The van der Waals surface area contributed by atoms with Crippen molar-refractivity contribution < 1.29 is 23.5 Å². The summed E-state index contributed by atoms with van der Waals surface area (Å²) in [7, 11) is 0. The summed E-state index contributed by atoms with van der Waals surface area (Å²) >= 11 is 0. The van der Waals surface area contributed by atoms with E-state index in [0.717, 1.165) is 29.7 Å². The summed E-state index contributed by atoms with van der Waals surface area (Å²) in [5, 5.41) is 12.4. The van der Waals surface area contributed by atoms with Gasteiger partial charge in [-0.3, -0.25) is 4.79 Å². The molecule has 1 aliphatic rings. The summed E-state index contributed by atoms with van der Waals surface area (Å²) in [6.07, 6.45) is 3.79. The standard InChI is InChI=1S/C28H33FN4O4/c1-28(2,3)37-27(36)33(22-7-5-4-6-8-22)26(35)32-21(17-30)15-18-9-11-19(12-10-18)20-13-14-23(25(31)34)24(29)16-20/h9-14,16,21-22H,4-8,15H2,1-3H3,(H2,31,34)(H,32,35). The molecule has 0 aromatic heterocycles. The number of amides is 4. The monoisotopic (exact) mass is 508 g/mol. The molecule has 0 saturated heterocycles. The minimum absolute atomic E-state index is 0.179. The second kappa shape index (κ2) is 11.9. The van der Waals surface area contributed by atoms with Gasteiger partial charge in [0.1, 0.15) is 17.5 Å². The molecule has 1 atom stereocenters. The van der Waals surface area contributed by atoms with Gasteiger partial charge in [0.15, 0.2) is 0 Å². The summed E-state index contributed by atoms with van der Waals surface area (Å²) in [4.78, 5) is 38.4. The number of imide groups is 1. The molecular formula is C28H33FN4O4. The summed E-state index contributed by atoms with van der Waals surface area (Å²) in [5.41, 5.74) is 6.27. The van der Waals surface area contributed by atoms with Crippen molar-refractivity contribution >= 4 is 18.0 Å². The Hall–Kier alpha value is -3.93. The Balaban J connectivity index is 1.71. The predicted molar refractivity (Wildman–Crippen MR) is 137 cm³/mol. The molecule has 3 N–H and O–H groups in total. The van der Waals surface area contributed by atoms with E-state index in [2.05, 4.69) is 11.4 Å². The van der Waals surface area contributed by atoms with Gasteiger partial charge in [-0.15, -0.1) is 0 Å². The number of carbonyl (C=O) groups excluding carboxylic acids is 3. The van der Waals surface area contributed by atoms with Crippen molar-refractivity contribution in [3.8, 4) is 17.2 Å². The number of rotatable bonds is 6. The molecule has 1 unspecified atom stereocenters. The molecule has 0 bridgehead atoms. The number of nitrogens with two attached hydrogens (primary N) is 1. The summed E-state index contributed by atoms with van der Waals surface area (Å²) in [6.45, 7) is 5.22. The van der Waals surface area contributed by atoms with E-state index < -0.39 is 35.5 Å². The molecule has 0 heterocycles. The van der Waals surface area contributed by atoms with Gasteiger partial charge in [0.25, 0.3) is 5.91 Å². The maximum Gasteiger partial charge on any atom is 0.418 e. The van der Waals surface area contributed by atoms with Crippen LogP contribution in [0.3, 0.4) is 0 Å². The van der Waals surface area contributed by atoms with Crippen LogP contribution in [0.25, 0.3) is 11.1 Å². The van der Waals surface area contributed by atoms with Crippen molar-refractivity contribution in [1.29, 1.82) is 5.26 Å². The van der Waals surface area contributed by atoms with E-state index in [1.54, 1.807) is 51.1 Å². The highest BCUT2D eigenvalue weighted by Gasteiger charge is 2.35. The molecule has 37 heavy (non-hydrogen) atoms. The van der Waals surface area contributed by atoms with Crippen LogP contribution in [0.2, 0.25) is 0 Å². The van der Waals surface area contributed by atoms with Crippen LogP contribution < -0.4 is 11.1 Å². The largest absolute Gasteiger partial charge is 0.443 e. The number of primary amides is 1. The number of hydrogen-bond acceptors (Lipinski definition) is 5. The van der Waals surface area contributed by atoms with Gasteiger partial charge in [0, 0.05) is 12.5 Å². The van der Waals surface area contributed by atoms with E-state index in [9.17, 15) is 24.0 Å². The molecule has 1 aliphatic carbocycles. The van der Waals surface area contributed by atoms with Crippen LogP contribution in [0.15, 0.2) is 42.5 Å². The summed E-state index contributed by atoms with van der Waals surface area (Å²) in [5.74, 6) is -1.54. The Morgan fingerprint density at radius 2 is 1.73 bits per heavy atom. The molecular weight excluding hydrogens is 475 g/mol. The van der Waals surface area contributed by atoms with Gasteiger partial charge in [-0.2, -0.15) is 5.26 Å². The van der Waals surface area contributed by atoms with Gasteiger partial charge in [0.05, 0.1) is 11.6 Å². The van der Waals surface area contributed by atoms with Gasteiger partial charge < -0.3 is 15.8 Å². The van der Waals surface area contributed by atoms with Crippen LogP contribution >= 0.6 is 0 Å². The number of hydrogen-bond donors (Lipinski definition) is 2. The van der Waals surface area contributed by atoms with Crippen LogP contribution in [0, 0.1) is 17.1 Å². The average molecular weight is 509 g/mol. The van der Waals surface area contributed by atoms with E-state index in [1.807, 2.05) is 0 Å². The minimum atomic E-state index is -0.876. The van der Waals surface area contributed by atoms with Gasteiger partial charge in [-0.25, -0.2) is 18.9 Å². The molecule has 9 heteroatoms. The summed E-state index contributed by atoms with van der Waals surface area (Å²) in [6, 6.07) is 11.6. The van der Waals surface area contributed by atoms with Gasteiger partial charge in [-0.05, 0) is 62.4 Å². The van der Waals surface area contributed by atoms with Crippen LogP contribution in [0.4, 0.5) is 14.0 Å². The first-order chi connectivity index (χ1) is 17.5. The molecule has 3 rings (SSSR count). The lowest BCUT2D eigenvalue weighted by molar-refractivity contribution is 0.0220. The fraction of sp³-hybridized carbons (Fsp3) is 0.429. The van der Waals surface area contributed by atoms with Crippen molar-refractivity contribution in [2.45, 2.75) is 77.0 Å². The predicted octanol–water partition coefficient (Wildman–Crippen LogP) is 5.31. The Kier molecular flexibility index (Phi) is 8.87. The maximum absolute atomic E-state index is 14.1. The molecule has 2 aromatic carbocycles. The Morgan fingerprint density at radius 3 is 2.27 bits per heavy atom. The molecule has 4 amide bonds. The molecule has 0 radical (unpaired) electrons. The van der Waals surface area contributed by atoms with E-state index in [0.29, 0.717) is 24.0 Å². The maximum atomic E-state index is 14.1. The highest BCUT2D eigenvalue weighted by molar-refractivity contribution is 5.93. The zero-order chi connectivity index (χ0) is 27.2. The van der Waals surface area contributed by atoms with Crippen molar-refractivity contribution in [1.82, 2.24) is 10.2 Å². The van der Waals surface area contributed by atoms with Crippen LogP contribution in [0.5, 0.6) is 0 Å². The minimum Gasteiger partial charge on any atom is -0.443 e. The van der Waals surface area contributed by atoms with Gasteiger partial charge in [-0.1, -0.05) is 49.6 Å². The number of nitriles is 1. The van der Waals surface area contributed by atoms with Crippen LogP contribution in [-0.4, -0.2) is 40.6 Å². The third-order valence-electron chi connectivity index (χ3n) is 6.16. The van der Waals surface area contributed by atoms with Crippen LogP contribution in [-0.2, 0) is 11.2 Å². The fourth-order valence-electron chi connectivity index (χ4n) is 4.36. The summed E-state index contributed by atoms with van der Waals surface area (Å²) < 4.78 is 19.6. The number of urea groups is 1. The SMILES string of the molecule is CC(C)(C)OC(=O)N(C(=O)NC(C#N)Cc1ccc(-c2ccc(C(N)=O)c(F)c2)cc1)C1CCCCC1. The smallest absolute Gasteiger partial charge is 0.418 e. The normalized spacial score (nSPS) is 14.8. The first kappa shape index (κ1) is 27.7. The van der Waals surface area contributed by atoms with Crippen molar-refractivity contribution in [2.75, 3.05) is 0 Å². The van der Waals surface area contributed by atoms with Crippen molar-refractivity contribution in [3.63, 3.8) is 0 Å². The molecule has 0 spiro atoms. The second-order valence-corrected chi connectivity index (χ2v) is 10.2. The lowest BCUT2D eigenvalue weighted by Gasteiger charge is -2.34. The lowest BCUT2D eigenvalue weighted by Crippen LogP contribution is -2.53. The topological polar surface area (TPSA) is 126 Å². The number of nitrogens with one attached hydrogen (secondary N) is 1. The zero-order valence-electron chi connectivity index (χ0n) is 21.4. The Bertz CT molecular complexity index is 1180. The Labute approximate surface area is 216 Å².